The summed E-state index contributed by atoms with van der Waals surface area (Å²) in [6.45, 7) is 0. The van der Waals surface area contributed by atoms with Crippen LogP contribution in [0.1, 0.15) is 50.0 Å². The van der Waals surface area contributed by atoms with Crippen molar-refractivity contribution < 1.29 is 8.78 Å². The molecule has 2 aliphatic heterocycles. The molecule has 4 atom stereocenters. The summed E-state index contributed by atoms with van der Waals surface area (Å²) in [4.78, 5) is 6.88. The van der Waals surface area contributed by atoms with E-state index < -0.39 is 11.6 Å². The summed E-state index contributed by atoms with van der Waals surface area (Å²) in [5.74, 6) is -0.274. The van der Waals surface area contributed by atoms with E-state index in [-0.39, 0.29) is 41.5 Å². The molecule has 0 spiro atoms. The van der Waals surface area contributed by atoms with Crippen LogP contribution in [0.4, 0.5) is 8.78 Å². The number of benzene rings is 1. The Morgan fingerprint density at radius 3 is 2.30 bits per heavy atom. The minimum atomic E-state index is -0.453. The average Bonchev–Trinajstić information content (AvgIpc) is 3.33. The predicted octanol–water partition coefficient (Wildman–Crippen LogP) is 3.62. The quantitative estimate of drug-likeness (QED) is 0.387. The molecule has 1 aromatic rings. The van der Waals surface area contributed by atoms with Gasteiger partial charge in [-0.2, -0.15) is 0 Å². The molecule has 7 heteroatoms. The number of fused-ring (bicyclic) bond motifs is 2. The van der Waals surface area contributed by atoms with Gasteiger partial charge >= 0.3 is 0 Å². The van der Waals surface area contributed by atoms with Crippen LogP contribution in [0.25, 0.3) is 0 Å². The first-order valence-electron chi connectivity index (χ1n) is 9.72. The van der Waals surface area contributed by atoms with Crippen LogP contribution in [0, 0.1) is 11.6 Å². The van der Waals surface area contributed by atoms with Gasteiger partial charge in [0.1, 0.15) is 11.6 Å². The zero-order chi connectivity index (χ0) is 18.3. The number of piperidine rings is 2. The van der Waals surface area contributed by atoms with Crippen molar-refractivity contribution in [2.75, 3.05) is 14.1 Å². The van der Waals surface area contributed by atoms with Crippen LogP contribution in [-0.4, -0.2) is 49.1 Å². The third kappa shape index (κ3) is 4.39. The van der Waals surface area contributed by atoms with Crippen molar-refractivity contribution in [2.24, 2.45) is 4.99 Å². The molecule has 150 valence electrons. The lowest BCUT2D eigenvalue weighted by Gasteiger charge is -2.47. The lowest BCUT2D eigenvalue weighted by molar-refractivity contribution is 0.0526. The highest BCUT2D eigenvalue weighted by molar-refractivity contribution is 14.0. The zero-order valence-corrected chi connectivity index (χ0v) is 18.3. The molecule has 4 unspecified atom stereocenters. The highest BCUT2D eigenvalue weighted by atomic mass is 127. The lowest BCUT2D eigenvalue weighted by atomic mass is 9.82. The first-order chi connectivity index (χ1) is 12.6. The molecule has 0 amide bonds. The number of aliphatic imine (C=N–C) groups is 1. The largest absolute Gasteiger partial charge is 0.354 e. The standard InChI is InChI=1S/C20H28F2N4.HI/c1-23-20(24-12-9-13-5-3-6-14(10-12)26(13)2)25-18-11-15(18)19-16(21)7-4-8-17(19)22;/h4,7-8,12-15,18H,3,5-6,9-11H2,1-2H3,(H2,23,24,25);1H. The summed E-state index contributed by atoms with van der Waals surface area (Å²) in [6.07, 6.45) is 6.87. The van der Waals surface area contributed by atoms with E-state index in [4.69, 9.17) is 0 Å². The van der Waals surface area contributed by atoms with Gasteiger partial charge in [0.2, 0.25) is 0 Å². The Bertz CT molecular complexity index is 664. The highest BCUT2D eigenvalue weighted by Crippen LogP contribution is 2.43. The molecule has 27 heavy (non-hydrogen) atoms. The first kappa shape index (κ1) is 20.8. The average molecular weight is 490 g/mol. The smallest absolute Gasteiger partial charge is 0.191 e. The van der Waals surface area contributed by atoms with Gasteiger partial charge in [-0.15, -0.1) is 24.0 Å². The Labute approximate surface area is 177 Å². The number of rotatable bonds is 3. The Morgan fingerprint density at radius 2 is 1.70 bits per heavy atom. The summed E-state index contributed by atoms with van der Waals surface area (Å²) in [6, 6.07) is 5.83. The van der Waals surface area contributed by atoms with Crippen molar-refractivity contribution in [1.82, 2.24) is 15.5 Å². The number of hydrogen-bond acceptors (Lipinski definition) is 2. The maximum Gasteiger partial charge on any atom is 0.191 e. The Hall–Kier alpha value is -0.960. The number of guanidine groups is 1. The molecule has 2 N–H and O–H groups in total. The molecular weight excluding hydrogens is 461 g/mol. The monoisotopic (exact) mass is 490 g/mol. The number of halogens is 3. The highest BCUT2D eigenvalue weighted by Gasteiger charge is 2.43. The molecule has 4 rings (SSSR count). The topological polar surface area (TPSA) is 39.7 Å². The van der Waals surface area contributed by atoms with E-state index >= 15 is 0 Å². The molecule has 2 saturated heterocycles. The van der Waals surface area contributed by atoms with Crippen molar-refractivity contribution in [3.8, 4) is 0 Å². The van der Waals surface area contributed by atoms with Crippen LogP contribution in [-0.2, 0) is 0 Å². The van der Waals surface area contributed by atoms with Gasteiger partial charge in [-0.3, -0.25) is 4.99 Å². The third-order valence-corrected chi connectivity index (χ3v) is 6.39. The van der Waals surface area contributed by atoms with E-state index in [1.165, 1.54) is 37.5 Å². The van der Waals surface area contributed by atoms with Gasteiger partial charge in [-0.1, -0.05) is 12.5 Å². The number of hydrogen-bond donors (Lipinski definition) is 2. The van der Waals surface area contributed by atoms with Gasteiger partial charge < -0.3 is 15.5 Å². The van der Waals surface area contributed by atoms with Crippen LogP contribution in [0.15, 0.2) is 23.2 Å². The molecule has 3 fully saturated rings. The lowest BCUT2D eigenvalue weighted by Crippen LogP contribution is -2.56. The van der Waals surface area contributed by atoms with Crippen molar-refractivity contribution in [2.45, 2.75) is 68.6 Å². The second kappa shape index (κ2) is 8.59. The fourth-order valence-electron chi connectivity index (χ4n) is 4.81. The number of nitrogens with zero attached hydrogens (tertiary/aromatic N) is 2. The minimum absolute atomic E-state index is 0. The molecule has 2 bridgehead atoms. The Morgan fingerprint density at radius 1 is 1.07 bits per heavy atom. The van der Waals surface area contributed by atoms with E-state index in [1.807, 2.05) is 0 Å². The molecule has 0 aromatic heterocycles. The molecular formula is C20H29F2IN4. The molecule has 3 aliphatic rings. The summed E-state index contributed by atoms with van der Waals surface area (Å²) in [7, 11) is 4.00. The molecule has 2 heterocycles. The fourth-order valence-corrected chi connectivity index (χ4v) is 4.81. The van der Waals surface area contributed by atoms with Crippen LogP contribution in [0.5, 0.6) is 0 Å². The van der Waals surface area contributed by atoms with Gasteiger partial charge in [-0.05, 0) is 51.3 Å². The van der Waals surface area contributed by atoms with Crippen LogP contribution < -0.4 is 10.6 Å². The van der Waals surface area contributed by atoms with E-state index in [9.17, 15) is 8.78 Å². The van der Waals surface area contributed by atoms with Crippen molar-refractivity contribution in [3.05, 3.63) is 35.4 Å². The molecule has 1 saturated carbocycles. The van der Waals surface area contributed by atoms with E-state index in [0.717, 1.165) is 25.2 Å². The maximum absolute atomic E-state index is 14.0. The van der Waals surface area contributed by atoms with Crippen LogP contribution >= 0.6 is 24.0 Å². The van der Waals surface area contributed by atoms with E-state index in [2.05, 4.69) is 27.6 Å². The second-order valence-corrected chi connectivity index (χ2v) is 8.02. The van der Waals surface area contributed by atoms with Crippen molar-refractivity contribution in [3.63, 3.8) is 0 Å². The summed E-state index contributed by atoms with van der Waals surface area (Å²) >= 11 is 0. The van der Waals surface area contributed by atoms with Gasteiger partial charge in [-0.25, -0.2) is 8.78 Å². The SMILES string of the molecule is CN=C(NC1CC2CCCC(C1)N2C)NC1CC1c1c(F)cccc1F.I. The van der Waals surface area contributed by atoms with Gasteiger partial charge in [0, 0.05) is 42.7 Å². The third-order valence-electron chi connectivity index (χ3n) is 6.39. The van der Waals surface area contributed by atoms with Gasteiger partial charge in [0.05, 0.1) is 0 Å². The van der Waals surface area contributed by atoms with Gasteiger partial charge in [0.25, 0.3) is 0 Å². The molecule has 0 radical (unpaired) electrons. The van der Waals surface area contributed by atoms with Gasteiger partial charge in [0.15, 0.2) is 5.96 Å². The normalized spacial score (nSPS) is 33.2. The predicted molar refractivity (Wildman–Crippen MR) is 115 cm³/mol. The second-order valence-electron chi connectivity index (χ2n) is 8.02. The van der Waals surface area contributed by atoms with E-state index in [0.29, 0.717) is 18.1 Å². The Balaban J connectivity index is 0.00000210. The van der Waals surface area contributed by atoms with Crippen molar-refractivity contribution in [1.29, 1.82) is 0 Å². The summed E-state index contributed by atoms with van der Waals surface area (Å²) in [5.41, 5.74) is 0.203. The van der Waals surface area contributed by atoms with Crippen LogP contribution in [0.2, 0.25) is 0 Å². The summed E-state index contributed by atoms with van der Waals surface area (Å²) < 4.78 is 27.9. The molecule has 1 aliphatic carbocycles. The molecule has 1 aromatic carbocycles. The summed E-state index contributed by atoms with van der Waals surface area (Å²) in [5, 5.41) is 6.91. The molecule has 4 nitrogen and oxygen atoms in total. The number of nitrogens with one attached hydrogen (secondary N) is 2. The maximum atomic E-state index is 14.0. The Kier molecular flexibility index (Phi) is 6.61. The minimum Gasteiger partial charge on any atom is -0.354 e. The van der Waals surface area contributed by atoms with Crippen molar-refractivity contribution >= 4 is 29.9 Å². The van der Waals surface area contributed by atoms with Crippen LogP contribution in [0.3, 0.4) is 0 Å². The van der Waals surface area contributed by atoms with E-state index in [1.54, 1.807) is 7.05 Å². The first-order valence-corrected chi connectivity index (χ1v) is 9.72. The zero-order valence-electron chi connectivity index (χ0n) is 15.9. The fraction of sp³-hybridized carbons (Fsp3) is 0.650.